The van der Waals surface area contributed by atoms with E-state index in [-0.39, 0.29) is 5.91 Å². The average Bonchev–Trinajstić information content (AvgIpc) is 2.86. The van der Waals surface area contributed by atoms with Crippen LogP contribution in [0.2, 0.25) is 0 Å². The highest BCUT2D eigenvalue weighted by Crippen LogP contribution is 2.31. The number of rotatable bonds is 6. The second-order valence-corrected chi connectivity index (χ2v) is 7.85. The molecule has 0 unspecified atom stereocenters. The number of aliphatic imine (C=N–C) groups is 1. The van der Waals surface area contributed by atoms with Crippen LogP contribution in [0.3, 0.4) is 0 Å². The molecule has 4 nitrogen and oxygen atoms in total. The number of ether oxygens (including phenoxy) is 1. The predicted molar refractivity (Wildman–Crippen MR) is 110 cm³/mol. The Bertz CT molecular complexity index is 659. The van der Waals surface area contributed by atoms with Gasteiger partial charge in [0.15, 0.2) is 5.17 Å². The molecule has 5 heteroatoms. The van der Waals surface area contributed by atoms with Crippen molar-refractivity contribution in [3.63, 3.8) is 0 Å². The lowest BCUT2D eigenvalue weighted by molar-refractivity contribution is -0.113. The van der Waals surface area contributed by atoms with Gasteiger partial charge in [-0.1, -0.05) is 44.7 Å². The van der Waals surface area contributed by atoms with E-state index in [2.05, 4.69) is 16.8 Å². The summed E-state index contributed by atoms with van der Waals surface area (Å²) in [6, 6.07) is 7.94. The second kappa shape index (κ2) is 9.81. The van der Waals surface area contributed by atoms with Gasteiger partial charge in [0, 0.05) is 13.1 Å². The number of unbranched alkanes of at least 4 members (excludes halogenated alkanes) is 2. The molecule has 0 saturated carbocycles. The van der Waals surface area contributed by atoms with Gasteiger partial charge >= 0.3 is 0 Å². The number of hydrogen-bond acceptors (Lipinski definition) is 4. The van der Waals surface area contributed by atoms with Crippen molar-refractivity contribution in [2.75, 3.05) is 19.7 Å². The fourth-order valence-electron chi connectivity index (χ4n) is 3.15. The van der Waals surface area contributed by atoms with E-state index in [1.54, 1.807) is 0 Å². The van der Waals surface area contributed by atoms with E-state index in [0.29, 0.717) is 4.91 Å². The van der Waals surface area contributed by atoms with Gasteiger partial charge in [-0.25, -0.2) is 0 Å². The smallest absolute Gasteiger partial charge is 0.286 e. The quantitative estimate of drug-likeness (QED) is 0.514. The molecule has 140 valence electrons. The van der Waals surface area contributed by atoms with Crippen molar-refractivity contribution in [2.45, 2.75) is 51.9 Å². The fraction of sp³-hybridized carbons (Fsp3) is 0.524. The standard InChI is InChI=1S/C21H28N2O2S/c1-2-3-8-15-25-18-11-9-17(10-12-18)16-19-20(24)22-21(26-19)23-13-6-4-5-7-14-23/h9-12,16H,2-8,13-15H2,1H3/b19-16-. The first-order valence-electron chi connectivity index (χ1n) is 9.76. The number of amides is 1. The molecule has 2 aliphatic heterocycles. The van der Waals surface area contributed by atoms with Crippen LogP contribution in [-0.2, 0) is 4.79 Å². The first-order valence-corrected chi connectivity index (χ1v) is 10.6. The van der Waals surface area contributed by atoms with Gasteiger partial charge in [0.1, 0.15) is 5.75 Å². The van der Waals surface area contributed by atoms with Crippen molar-refractivity contribution in [3.8, 4) is 5.75 Å². The first-order chi connectivity index (χ1) is 12.8. The van der Waals surface area contributed by atoms with E-state index < -0.39 is 0 Å². The highest BCUT2D eigenvalue weighted by molar-refractivity contribution is 8.18. The van der Waals surface area contributed by atoms with Gasteiger partial charge in [0.05, 0.1) is 11.5 Å². The van der Waals surface area contributed by atoms with Crippen LogP contribution >= 0.6 is 11.8 Å². The highest BCUT2D eigenvalue weighted by Gasteiger charge is 2.26. The molecule has 0 radical (unpaired) electrons. The Labute approximate surface area is 160 Å². The number of amidine groups is 1. The van der Waals surface area contributed by atoms with Crippen LogP contribution < -0.4 is 4.74 Å². The van der Waals surface area contributed by atoms with Gasteiger partial charge in [0.2, 0.25) is 0 Å². The fourth-order valence-corrected chi connectivity index (χ4v) is 4.11. The Morgan fingerprint density at radius 2 is 1.85 bits per heavy atom. The largest absolute Gasteiger partial charge is 0.494 e. The number of thioether (sulfide) groups is 1. The minimum absolute atomic E-state index is 0.117. The molecular formula is C21H28N2O2S. The maximum absolute atomic E-state index is 12.3. The number of likely N-dealkylation sites (tertiary alicyclic amines) is 1. The molecule has 26 heavy (non-hydrogen) atoms. The average molecular weight is 373 g/mol. The molecular weight excluding hydrogens is 344 g/mol. The Hall–Kier alpha value is -1.75. The van der Waals surface area contributed by atoms with Gasteiger partial charge < -0.3 is 9.64 Å². The van der Waals surface area contributed by atoms with E-state index >= 15 is 0 Å². The molecule has 1 amide bonds. The molecule has 0 spiro atoms. The van der Waals surface area contributed by atoms with Crippen molar-refractivity contribution in [1.29, 1.82) is 0 Å². The molecule has 2 aliphatic rings. The summed E-state index contributed by atoms with van der Waals surface area (Å²) in [5, 5.41) is 0.874. The van der Waals surface area contributed by atoms with Crippen molar-refractivity contribution < 1.29 is 9.53 Å². The monoisotopic (exact) mass is 372 g/mol. The van der Waals surface area contributed by atoms with E-state index in [0.717, 1.165) is 42.6 Å². The lowest BCUT2D eigenvalue weighted by atomic mass is 10.2. The van der Waals surface area contributed by atoms with Crippen LogP contribution in [0.4, 0.5) is 0 Å². The third kappa shape index (κ3) is 5.37. The third-order valence-corrected chi connectivity index (χ3v) is 5.72. The molecule has 1 aromatic carbocycles. The van der Waals surface area contributed by atoms with E-state index in [9.17, 15) is 4.79 Å². The van der Waals surface area contributed by atoms with Gasteiger partial charge in [-0.05, 0) is 54.8 Å². The summed E-state index contributed by atoms with van der Waals surface area (Å²) in [5.41, 5.74) is 1.01. The number of carbonyl (C=O) groups is 1. The van der Waals surface area contributed by atoms with Crippen molar-refractivity contribution in [2.24, 2.45) is 4.99 Å². The van der Waals surface area contributed by atoms with Crippen molar-refractivity contribution >= 4 is 28.9 Å². The van der Waals surface area contributed by atoms with Crippen LogP contribution in [-0.4, -0.2) is 35.7 Å². The maximum atomic E-state index is 12.3. The zero-order valence-corrected chi connectivity index (χ0v) is 16.4. The molecule has 1 saturated heterocycles. The van der Waals surface area contributed by atoms with Crippen LogP contribution in [0, 0.1) is 0 Å². The summed E-state index contributed by atoms with van der Waals surface area (Å²) in [7, 11) is 0. The normalized spacial score (nSPS) is 19.6. The molecule has 0 aliphatic carbocycles. The van der Waals surface area contributed by atoms with Gasteiger partial charge in [-0.3, -0.25) is 4.79 Å². The molecule has 1 fully saturated rings. The zero-order valence-electron chi connectivity index (χ0n) is 15.6. The minimum Gasteiger partial charge on any atom is -0.494 e. The lowest BCUT2D eigenvalue weighted by Crippen LogP contribution is -2.28. The van der Waals surface area contributed by atoms with Crippen molar-refractivity contribution in [1.82, 2.24) is 4.90 Å². The molecule has 2 heterocycles. The van der Waals surface area contributed by atoms with E-state index in [1.165, 1.54) is 50.3 Å². The molecule has 0 N–H and O–H groups in total. The van der Waals surface area contributed by atoms with Gasteiger partial charge in [0.25, 0.3) is 5.91 Å². The Morgan fingerprint density at radius 1 is 1.12 bits per heavy atom. The first kappa shape index (κ1) is 19.0. The molecule has 0 aromatic heterocycles. The van der Waals surface area contributed by atoms with Crippen molar-refractivity contribution in [3.05, 3.63) is 34.7 Å². The number of nitrogens with zero attached hydrogens (tertiary/aromatic N) is 2. The van der Waals surface area contributed by atoms with Crippen LogP contribution in [0.15, 0.2) is 34.2 Å². The summed E-state index contributed by atoms with van der Waals surface area (Å²) in [5.74, 6) is 0.768. The maximum Gasteiger partial charge on any atom is 0.286 e. The molecule has 1 aromatic rings. The lowest BCUT2D eigenvalue weighted by Gasteiger charge is -2.20. The van der Waals surface area contributed by atoms with Gasteiger partial charge in [-0.2, -0.15) is 4.99 Å². The number of hydrogen-bond donors (Lipinski definition) is 0. The van der Waals surface area contributed by atoms with Crippen LogP contribution in [0.5, 0.6) is 5.75 Å². The van der Waals surface area contributed by atoms with Gasteiger partial charge in [-0.15, -0.1) is 0 Å². The molecule has 3 rings (SSSR count). The van der Waals surface area contributed by atoms with E-state index in [4.69, 9.17) is 4.74 Å². The molecule has 0 atom stereocenters. The highest BCUT2D eigenvalue weighted by atomic mass is 32.2. The Balaban J connectivity index is 1.57. The summed E-state index contributed by atoms with van der Waals surface area (Å²) < 4.78 is 5.74. The Morgan fingerprint density at radius 3 is 2.54 bits per heavy atom. The predicted octanol–water partition coefficient (Wildman–Crippen LogP) is 5.10. The summed E-state index contributed by atoms with van der Waals surface area (Å²) in [4.78, 5) is 19.5. The Kier molecular flexibility index (Phi) is 7.18. The summed E-state index contributed by atoms with van der Waals surface area (Å²) in [6.07, 6.45) is 10.3. The topological polar surface area (TPSA) is 41.9 Å². The van der Waals surface area contributed by atoms with E-state index in [1.807, 2.05) is 30.3 Å². The number of benzene rings is 1. The van der Waals surface area contributed by atoms with Crippen LogP contribution in [0.25, 0.3) is 6.08 Å². The summed E-state index contributed by atoms with van der Waals surface area (Å²) >= 11 is 1.51. The third-order valence-electron chi connectivity index (χ3n) is 4.68. The molecule has 0 bridgehead atoms. The number of carbonyl (C=O) groups excluding carboxylic acids is 1. The second-order valence-electron chi connectivity index (χ2n) is 6.84. The van der Waals surface area contributed by atoms with Crippen LogP contribution in [0.1, 0.15) is 57.4 Å². The minimum atomic E-state index is -0.117. The zero-order chi connectivity index (χ0) is 18.2. The SMILES string of the molecule is CCCCCOc1ccc(/C=C2\SC(N3CCCCCC3)=NC2=O)cc1. The summed E-state index contributed by atoms with van der Waals surface area (Å²) in [6.45, 7) is 4.97.